The lowest BCUT2D eigenvalue weighted by Gasteiger charge is -2.09. The third-order valence-corrected chi connectivity index (χ3v) is 2.98. The lowest BCUT2D eigenvalue weighted by atomic mass is 10.2. The van der Waals surface area contributed by atoms with Gasteiger partial charge in [0.2, 0.25) is 5.91 Å². The number of amides is 1. The van der Waals surface area contributed by atoms with Crippen molar-refractivity contribution in [3.05, 3.63) is 70.3 Å². The number of anilines is 1. The fraction of sp³-hybridized carbons (Fsp3) is 0.118. The molecule has 1 amide bonds. The summed E-state index contributed by atoms with van der Waals surface area (Å²) in [6.45, 7) is 2.37. The first kappa shape index (κ1) is 16.2. The molecule has 0 radical (unpaired) electrons. The van der Waals surface area contributed by atoms with Crippen LogP contribution in [0.5, 0.6) is 5.75 Å². The Labute approximate surface area is 133 Å². The van der Waals surface area contributed by atoms with Crippen LogP contribution in [0.1, 0.15) is 12.5 Å². The standard InChI is InChI=1S/C17H16N2O4/c1-2-23-16-6-4-3-5-15(16)18-17(20)12-9-13-7-10-14(11-8-13)19(21)22/h3-12H,2H2,1H3,(H,18,20). The van der Waals surface area contributed by atoms with Crippen molar-refractivity contribution in [2.45, 2.75) is 6.92 Å². The highest BCUT2D eigenvalue weighted by atomic mass is 16.6. The van der Waals surface area contributed by atoms with Gasteiger partial charge in [-0.25, -0.2) is 0 Å². The molecule has 0 saturated carbocycles. The Morgan fingerprint density at radius 1 is 1.22 bits per heavy atom. The molecule has 1 N–H and O–H groups in total. The molecule has 118 valence electrons. The van der Waals surface area contributed by atoms with E-state index in [0.29, 0.717) is 23.6 Å². The van der Waals surface area contributed by atoms with Crippen LogP contribution in [0.2, 0.25) is 0 Å². The van der Waals surface area contributed by atoms with Gasteiger partial charge >= 0.3 is 0 Å². The van der Waals surface area contributed by atoms with Gasteiger partial charge in [-0.1, -0.05) is 12.1 Å². The molecule has 23 heavy (non-hydrogen) atoms. The number of carbonyl (C=O) groups excluding carboxylic acids is 1. The van der Waals surface area contributed by atoms with Crippen LogP contribution >= 0.6 is 0 Å². The van der Waals surface area contributed by atoms with E-state index >= 15 is 0 Å². The summed E-state index contributed by atoms with van der Waals surface area (Å²) in [5.74, 6) is 0.294. The number of para-hydroxylation sites is 2. The number of non-ortho nitro benzene ring substituents is 1. The number of hydrogen-bond donors (Lipinski definition) is 1. The van der Waals surface area contributed by atoms with Gasteiger partial charge in [-0.3, -0.25) is 14.9 Å². The minimum absolute atomic E-state index is 0.0113. The SMILES string of the molecule is CCOc1ccccc1NC(=O)C=Cc1ccc([N+](=O)[O-])cc1. The molecule has 0 bridgehead atoms. The van der Waals surface area contributed by atoms with Gasteiger partial charge in [0, 0.05) is 18.2 Å². The number of nitro benzene ring substituents is 1. The van der Waals surface area contributed by atoms with Gasteiger partial charge in [-0.05, 0) is 42.8 Å². The molecule has 0 spiro atoms. The minimum Gasteiger partial charge on any atom is -0.492 e. The number of nitrogens with one attached hydrogen (secondary N) is 1. The van der Waals surface area contributed by atoms with Crippen molar-refractivity contribution in [3.8, 4) is 5.75 Å². The van der Waals surface area contributed by atoms with Crippen molar-refractivity contribution in [1.82, 2.24) is 0 Å². The van der Waals surface area contributed by atoms with E-state index in [-0.39, 0.29) is 11.6 Å². The van der Waals surface area contributed by atoms with E-state index in [4.69, 9.17) is 4.74 Å². The molecule has 0 fully saturated rings. The third-order valence-electron chi connectivity index (χ3n) is 2.98. The number of carbonyl (C=O) groups is 1. The lowest BCUT2D eigenvalue weighted by Crippen LogP contribution is -2.09. The van der Waals surface area contributed by atoms with Crippen LogP contribution in [0, 0.1) is 10.1 Å². The number of rotatable bonds is 6. The van der Waals surface area contributed by atoms with Gasteiger partial charge in [0.25, 0.3) is 5.69 Å². The van der Waals surface area contributed by atoms with Gasteiger partial charge in [0.05, 0.1) is 17.2 Å². The quantitative estimate of drug-likeness (QED) is 0.501. The van der Waals surface area contributed by atoms with Crippen LogP contribution in [0.3, 0.4) is 0 Å². The predicted octanol–water partition coefficient (Wildman–Crippen LogP) is 3.65. The third kappa shape index (κ3) is 4.67. The molecule has 0 aliphatic rings. The van der Waals surface area contributed by atoms with Gasteiger partial charge in [0.15, 0.2) is 0 Å². The van der Waals surface area contributed by atoms with Gasteiger partial charge in [-0.15, -0.1) is 0 Å². The van der Waals surface area contributed by atoms with Crippen molar-refractivity contribution >= 4 is 23.4 Å². The summed E-state index contributed by atoms with van der Waals surface area (Å²) in [5, 5.41) is 13.3. The highest BCUT2D eigenvalue weighted by Gasteiger charge is 2.05. The van der Waals surface area contributed by atoms with E-state index in [0.717, 1.165) is 0 Å². The molecule has 0 saturated heterocycles. The number of nitro groups is 1. The van der Waals surface area contributed by atoms with Gasteiger partial charge in [0.1, 0.15) is 5.75 Å². The van der Waals surface area contributed by atoms with E-state index in [2.05, 4.69) is 5.32 Å². The normalized spacial score (nSPS) is 10.5. The van der Waals surface area contributed by atoms with Crippen LogP contribution < -0.4 is 10.1 Å². The molecular weight excluding hydrogens is 296 g/mol. The maximum absolute atomic E-state index is 12.0. The van der Waals surface area contributed by atoms with Crippen LogP contribution in [0.25, 0.3) is 6.08 Å². The molecule has 6 nitrogen and oxygen atoms in total. The maximum atomic E-state index is 12.0. The fourth-order valence-electron chi connectivity index (χ4n) is 1.90. The molecule has 0 aromatic heterocycles. The first-order chi connectivity index (χ1) is 11.1. The summed E-state index contributed by atoms with van der Waals surface area (Å²) in [6, 6.07) is 13.1. The molecule has 2 aromatic carbocycles. The van der Waals surface area contributed by atoms with Crippen molar-refractivity contribution < 1.29 is 14.5 Å². The van der Waals surface area contributed by atoms with Crippen LogP contribution in [-0.2, 0) is 4.79 Å². The molecule has 0 aliphatic heterocycles. The summed E-state index contributed by atoms with van der Waals surface area (Å²) in [6.07, 6.45) is 2.95. The molecule has 6 heteroatoms. The topological polar surface area (TPSA) is 81.5 Å². The summed E-state index contributed by atoms with van der Waals surface area (Å²) in [5.41, 5.74) is 1.30. The number of benzene rings is 2. The monoisotopic (exact) mass is 312 g/mol. The Morgan fingerprint density at radius 2 is 1.91 bits per heavy atom. The lowest BCUT2D eigenvalue weighted by molar-refractivity contribution is -0.384. The zero-order valence-electron chi connectivity index (χ0n) is 12.6. The fourth-order valence-corrected chi connectivity index (χ4v) is 1.90. The molecule has 0 unspecified atom stereocenters. The number of nitrogens with zero attached hydrogens (tertiary/aromatic N) is 1. The number of hydrogen-bond acceptors (Lipinski definition) is 4. The van der Waals surface area contributed by atoms with E-state index in [9.17, 15) is 14.9 Å². The first-order valence-corrected chi connectivity index (χ1v) is 7.05. The molecule has 0 heterocycles. The van der Waals surface area contributed by atoms with Gasteiger partial charge < -0.3 is 10.1 Å². The van der Waals surface area contributed by atoms with E-state index in [1.54, 1.807) is 36.4 Å². The smallest absolute Gasteiger partial charge is 0.269 e. The average molecular weight is 312 g/mol. The molecule has 2 aromatic rings. The summed E-state index contributed by atoms with van der Waals surface area (Å²) >= 11 is 0. The van der Waals surface area contributed by atoms with E-state index in [1.165, 1.54) is 18.2 Å². The Morgan fingerprint density at radius 3 is 2.57 bits per heavy atom. The highest BCUT2D eigenvalue weighted by Crippen LogP contribution is 2.23. The summed E-state index contributed by atoms with van der Waals surface area (Å²) in [7, 11) is 0. The maximum Gasteiger partial charge on any atom is 0.269 e. The Hall–Kier alpha value is -3.15. The molecule has 2 rings (SSSR count). The molecule has 0 aliphatic carbocycles. The van der Waals surface area contributed by atoms with Crippen molar-refractivity contribution in [3.63, 3.8) is 0 Å². The zero-order chi connectivity index (χ0) is 16.7. The Balaban J connectivity index is 2.03. The van der Waals surface area contributed by atoms with Crippen molar-refractivity contribution in [2.24, 2.45) is 0 Å². The summed E-state index contributed by atoms with van der Waals surface area (Å²) < 4.78 is 5.43. The number of ether oxygens (including phenoxy) is 1. The van der Waals surface area contributed by atoms with Crippen LogP contribution in [0.4, 0.5) is 11.4 Å². The Kier molecular flexibility index (Phi) is 5.46. The summed E-state index contributed by atoms with van der Waals surface area (Å²) in [4.78, 5) is 22.1. The average Bonchev–Trinajstić information content (AvgIpc) is 2.55. The van der Waals surface area contributed by atoms with E-state index < -0.39 is 4.92 Å². The largest absolute Gasteiger partial charge is 0.492 e. The molecular formula is C17H16N2O4. The minimum atomic E-state index is -0.467. The van der Waals surface area contributed by atoms with Crippen molar-refractivity contribution in [1.29, 1.82) is 0 Å². The predicted molar refractivity (Wildman–Crippen MR) is 88.4 cm³/mol. The van der Waals surface area contributed by atoms with Crippen LogP contribution in [0.15, 0.2) is 54.6 Å². The first-order valence-electron chi connectivity index (χ1n) is 7.05. The second kappa shape index (κ2) is 7.74. The second-order valence-corrected chi connectivity index (χ2v) is 4.60. The molecule has 0 atom stereocenters. The zero-order valence-corrected chi connectivity index (χ0v) is 12.6. The van der Waals surface area contributed by atoms with Crippen LogP contribution in [-0.4, -0.2) is 17.4 Å². The van der Waals surface area contributed by atoms with Crippen molar-refractivity contribution in [2.75, 3.05) is 11.9 Å². The van der Waals surface area contributed by atoms with Gasteiger partial charge in [-0.2, -0.15) is 0 Å². The highest BCUT2D eigenvalue weighted by molar-refractivity contribution is 6.02. The second-order valence-electron chi connectivity index (χ2n) is 4.60. The van der Waals surface area contributed by atoms with E-state index in [1.807, 2.05) is 13.0 Å². The Bertz CT molecular complexity index is 724.